The van der Waals surface area contributed by atoms with Gasteiger partial charge in [0.1, 0.15) is 6.61 Å². The van der Waals surface area contributed by atoms with Crippen LogP contribution in [0.4, 0.5) is 5.69 Å². The topological polar surface area (TPSA) is 85.4 Å². The molecule has 0 saturated heterocycles. The molecule has 3 aromatic carbocycles. The molecule has 0 bridgehead atoms. The van der Waals surface area contributed by atoms with Gasteiger partial charge in [-0.3, -0.25) is 10.1 Å². The number of rotatable bonds is 7. The quantitative estimate of drug-likeness (QED) is 0.151. The molecule has 3 rings (SSSR count). The number of allylic oxidation sites excluding steroid dienone is 1. The summed E-state index contributed by atoms with van der Waals surface area (Å²) in [5, 5.41) is 21.5. The molecule has 0 radical (unpaired) electrons. The lowest BCUT2D eigenvalue weighted by atomic mass is 10.0. The first-order valence-corrected chi connectivity index (χ1v) is 10.3. The molecule has 0 aromatic heterocycles. The van der Waals surface area contributed by atoms with Gasteiger partial charge in [0, 0.05) is 12.1 Å². The summed E-state index contributed by atoms with van der Waals surface area (Å²) in [6.45, 7) is 0.189. The first kappa shape index (κ1) is 23.4. The minimum atomic E-state index is -0.499. The number of halogens is 3. The van der Waals surface area contributed by atoms with Crippen molar-refractivity contribution in [3.8, 4) is 17.6 Å². The fourth-order valence-electron chi connectivity index (χ4n) is 2.86. The zero-order chi connectivity index (χ0) is 23.3. The molecule has 0 aliphatic carbocycles. The molecule has 9 heteroatoms. The summed E-state index contributed by atoms with van der Waals surface area (Å²) >= 11 is 18.4. The number of hydrogen-bond donors (Lipinski definition) is 0. The van der Waals surface area contributed by atoms with E-state index >= 15 is 0 Å². The van der Waals surface area contributed by atoms with Crippen molar-refractivity contribution in [2.45, 2.75) is 6.61 Å². The van der Waals surface area contributed by atoms with Gasteiger partial charge in [0.2, 0.25) is 0 Å². The SMILES string of the molecule is COc1cc(/C=C(/C#N)c2ccc([N+](=O)[O-])cc2)cc(Cl)c1OCc1ccc(Cl)c(Cl)c1. The van der Waals surface area contributed by atoms with Crippen LogP contribution in [0.15, 0.2) is 54.6 Å². The Balaban J connectivity index is 1.88. The molecule has 0 heterocycles. The zero-order valence-corrected chi connectivity index (χ0v) is 18.9. The Morgan fingerprint density at radius 1 is 1.06 bits per heavy atom. The zero-order valence-electron chi connectivity index (χ0n) is 16.6. The second-order valence-electron chi connectivity index (χ2n) is 6.55. The Morgan fingerprint density at radius 3 is 2.38 bits per heavy atom. The first-order valence-electron chi connectivity index (χ1n) is 9.13. The highest BCUT2D eigenvalue weighted by Crippen LogP contribution is 2.38. The number of hydrogen-bond acceptors (Lipinski definition) is 5. The molecule has 162 valence electrons. The number of methoxy groups -OCH3 is 1. The standard InChI is InChI=1S/C23H15Cl3N2O4/c1-31-22-11-15(8-17(12-27)16-3-5-18(6-4-16)28(29)30)10-21(26)23(22)32-13-14-2-7-19(24)20(25)9-14/h2-11H,13H2,1H3/b17-8-. The number of benzene rings is 3. The molecule has 0 aliphatic rings. The molecular formula is C23H15Cl3N2O4. The fourth-order valence-corrected chi connectivity index (χ4v) is 3.45. The molecule has 0 fully saturated rings. The molecule has 0 atom stereocenters. The highest BCUT2D eigenvalue weighted by atomic mass is 35.5. The van der Waals surface area contributed by atoms with Crippen molar-refractivity contribution < 1.29 is 14.4 Å². The van der Waals surface area contributed by atoms with Crippen LogP contribution in [0, 0.1) is 21.4 Å². The molecule has 0 saturated carbocycles. The summed E-state index contributed by atoms with van der Waals surface area (Å²) in [5.74, 6) is 0.719. The number of nitro groups is 1. The molecule has 0 spiro atoms. The minimum absolute atomic E-state index is 0.0563. The Labute approximate surface area is 199 Å². The molecule has 3 aromatic rings. The number of nitrogens with zero attached hydrogens (tertiary/aromatic N) is 2. The lowest BCUT2D eigenvalue weighted by Gasteiger charge is -2.14. The van der Waals surface area contributed by atoms with Crippen LogP contribution in [-0.4, -0.2) is 12.0 Å². The highest BCUT2D eigenvalue weighted by molar-refractivity contribution is 6.42. The van der Waals surface area contributed by atoms with Crippen molar-refractivity contribution in [1.82, 2.24) is 0 Å². The lowest BCUT2D eigenvalue weighted by Crippen LogP contribution is -1.99. The van der Waals surface area contributed by atoms with Crippen LogP contribution in [-0.2, 0) is 6.61 Å². The Morgan fingerprint density at radius 2 is 1.78 bits per heavy atom. The van der Waals surface area contributed by atoms with E-state index in [4.69, 9.17) is 44.3 Å². The van der Waals surface area contributed by atoms with Crippen molar-refractivity contribution in [2.24, 2.45) is 0 Å². The van der Waals surface area contributed by atoms with Gasteiger partial charge in [-0.05, 0) is 59.2 Å². The number of ether oxygens (including phenoxy) is 2. The van der Waals surface area contributed by atoms with Crippen molar-refractivity contribution in [3.63, 3.8) is 0 Å². The third-order valence-electron chi connectivity index (χ3n) is 4.44. The predicted molar refractivity (Wildman–Crippen MR) is 125 cm³/mol. The molecule has 0 N–H and O–H groups in total. The van der Waals surface area contributed by atoms with Crippen molar-refractivity contribution in [3.05, 3.63) is 96.5 Å². The van der Waals surface area contributed by atoms with E-state index < -0.39 is 4.92 Å². The summed E-state index contributed by atoms with van der Waals surface area (Å²) in [7, 11) is 1.48. The lowest BCUT2D eigenvalue weighted by molar-refractivity contribution is -0.384. The van der Waals surface area contributed by atoms with E-state index in [1.54, 1.807) is 36.4 Å². The maximum atomic E-state index is 10.8. The Bertz CT molecular complexity index is 1240. The van der Waals surface area contributed by atoms with Crippen LogP contribution in [0.25, 0.3) is 11.6 Å². The molecule has 6 nitrogen and oxygen atoms in total. The Kier molecular flexibility index (Phi) is 7.60. The van der Waals surface area contributed by atoms with E-state index in [2.05, 4.69) is 6.07 Å². The smallest absolute Gasteiger partial charge is 0.269 e. The van der Waals surface area contributed by atoms with Crippen LogP contribution in [0.1, 0.15) is 16.7 Å². The largest absolute Gasteiger partial charge is 0.493 e. The van der Waals surface area contributed by atoms with E-state index in [0.29, 0.717) is 38.2 Å². The maximum absolute atomic E-state index is 10.8. The van der Waals surface area contributed by atoms with Gasteiger partial charge in [-0.1, -0.05) is 40.9 Å². The molecular weight excluding hydrogens is 475 g/mol. The Hall–Kier alpha value is -3.24. The van der Waals surface area contributed by atoms with Gasteiger partial charge in [-0.15, -0.1) is 0 Å². The van der Waals surface area contributed by atoms with Crippen LogP contribution in [0.2, 0.25) is 15.1 Å². The molecule has 0 aliphatic heterocycles. The fraction of sp³-hybridized carbons (Fsp3) is 0.0870. The molecule has 0 amide bonds. The van der Waals surface area contributed by atoms with Crippen LogP contribution < -0.4 is 9.47 Å². The average Bonchev–Trinajstić information content (AvgIpc) is 2.78. The van der Waals surface area contributed by atoms with E-state index in [9.17, 15) is 15.4 Å². The normalized spacial score (nSPS) is 11.0. The maximum Gasteiger partial charge on any atom is 0.269 e. The summed E-state index contributed by atoms with van der Waals surface area (Å²) in [6.07, 6.45) is 1.61. The summed E-state index contributed by atoms with van der Waals surface area (Å²) in [4.78, 5) is 10.3. The van der Waals surface area contributed by atoms with E-state index in [-0.39, 0.29) is 17.3 Å². The number of nitro benzene ring substituents is 1. The van der Waals surface area contributed by atoms with Crippen molar-refractivity contribution in [1.29, 1.82) is 5.26 Å². The van der Waals surface area contributed by atoms with Crippen LogP contribution >= 0.6 is 34.8 Å². The summed E-state index contributed by atoms with van der Waals surface area (Å²) < 4.78 is 11.3. The van der Waals surface area contributed by atoms with Crippen LogP contribution in [0.5, 0.6) is 11.5 Å². The third kappa shape index (κ3) is 5.51. The summed E-state index contributed by atoms with van der Waals surface area (Å²) in [5.41, 5.74) is 2.19. The summed E-state index contributed by atoms with van der Waals surface area (Å²) in [6, 6.07) is 16.3. The van der Waals surface area contributed by atoms with Gasteiger partial charge in [0.25, 0.3) is 5.69 Å². The average molecular weight is 490 g/mol. The first-order chi connectivity index (χ1) is 15.3. The second kappa shape index (κ2) is 10.4. The highest BCUT2D eigenvalue weighted by Gasteiger charge is 2.14. The van der Waals surface area contributed by atoms with Crippen LogP contribution in [0.3, 0.4) is 0 Å². The van der Waals surface area contributed by atoms with Gasteiger partial charge >= 0.3 is 0 Å². The van der Waals surface area contributed by atoms with Gasteiger partial charge in [0.05, 0.1) is 38.7 Å². The second-order valence-corrected chi connectivity index (χ2v) is 7.77. The monoisotopic (exact) mass is 488 g/mol. The van der Waals surface area contributed by atoms with E-state index in [0.717, 1.165) is 5.56 Å². The van der Waals surface area contributed by atoms with Crippen molar-refractivity contribution >= 4 is 52.1 Å². The van der Waals surface area contributed by atoms with E-state index in [1.807, 2.05) is 0 Å². The van der Waals surface area contributed by atoms with Gasteiger partial charge in [-0.25, -0.2) is 0 Å². The third-order valence-corrected chi connectivity index (χ3v) is 5.46. The van der Waals surface area contributed by atoms with Crippen molar-refractivity contribution in [2.75, 3.05) is 7.11 Å². The van der Waals surface area contributed by atoms with E-state index in [1.165, 1.54) is 31.4 Å². The van der Waals surface area contributed by atoms with Gasteiger partial charge < -0.3 is 9.47 Å². The number of non-ortho nitro benzene ring substituents is 1. The molecule has 32 heavy (non-hydrogen) atoms. The predicted octanol–water partition coefficient (Wildman–Crippen LogP) is 7.21. The number of nitriles is 1. The van der Waals surface area contributed by atoms with Gasteiger partial charge in [-0.2, -0.15) is 5.26 Å². The molecule has 0 unspecified atom stereocenters. The van der Waals surface area contributed by atoms with Gasteiger partial charge in [0.15, 0.2) is 11.5 Å². The minimum Gasteiger partial charge on any atom is -0.493 e.